The van der Waals surface area contributed by atoms with Crippen molar-refractivity contribution in [1.29, 1.82) is 0 Å². The van der Waals surface area contributed by atoms with Gasteiger partial charge in [0.2, 0.25) is 5.91 Å². The SMILES string of the molecule is Cc1nn(C)c(C)c1-c1cncc(Cl)c1N1CCC(C(N)=O)CC1. The van der Waals surface area contributed by atoms with E-state index in [1.165, 1.54) is 0 Å². The maximum Gasteiger partial charge on any atom is 0.220 e. The molecule has 1 saturated heterocycles. The Morgan fingerprint density at radius 2 is 1.96 bits per heavy atom. The molecule has 128 valence electrons. The van der Waals surface area contributed by atoms with E-state index in [0.29, 0.717) is 5.02 Å². The van der Waals surface area contributed by atoms with Crippen molar-refractivity contribution in [3.05, 3.63) is 28.8 Å². The molecule has 1 amide bonds. The van der Waals surface area contributed by atoms with Gasteiger partial charge in [0.05, 0.1) is 16.4 Å². The molecular formula is C17H22ClN5O. The Morgan fingerprint density at radius 1 is 1.29 bits per heavy atom. The van der Waals surface area contributed by atoms with Crippen molar-refractivity contribution in [2.24, 2.45) is 18.7 Å². The normalized spacial score (nSPS) is 15.8. The molecule has 0 unspecified atom stereocenters. The Balaban J connectivity index is 2.02. The topological polar surface area (TPSA) is 77.0 Å². The van der Waals surface area contributed by atoms with Gasteiger partial charge in [-0.15, -0.1) is 0 Å². The number of hydrogen-bond donors (Lipinski definition) is 1. The second-order valence-corrected chi connectivity index (χ2v) is 6.76. The van der Waals surface area contributed by atoms with E-state index in [1.807, 2.05) is 31.8 Å². The molecule has 0 aromatic carbocycles. The predicted molar refractivity (Wildman–Crippen MR) is 95.1 cm³/mol. The second-order valence-electron chi connectivity index (χ2n) is 6.35. The molecule has 0 atom stereocenters. The summed E-state index contributed by atoms with van der Waals surface area (Å²) in [7, 11) is 1.93. The van der Waals surface area contributed by atoms with E-state index in [9.17, 15) is 4.79 Å². The van der Waals surface area contributed by atoms with E-state index in [4.69, 9.17) is 17.3 Å². The van der Waals surface area contributed by atoms with Gasteiger partial charge in [-0.05, 0) is 26.7 Å². The van der Waals surface area contributed by atoms with Crippen LogP contribution >= 0.6 is 11.6 Å². The minimum absolute atomic E-state index is 0.0489. The number of amides is 1. The third-order valence-electron chi connectivity index (χ3n) is 4.86. The molecule has 1 aliphatic heterocycles. The number of primary amides is 1. The van der Waals surface area contributed by atoms with Gasteiger partial charge >= 0.3 is 0 Å². The predicted octanol–water partition coefficient (Wildman–Crippen LogP) is 2.45. The summed E-state index contributed by atoms with van der Waals surface area (Å²) in [5.74, 6) is -0.262. The lowest BCUT2D eigenvalue weighted by molar-refractivity contribution is -0.122. The molecule has 2 N–H and O–H groups in total. The monoisotopic (exact) mass is 347 g/mol. The molecule has 0 radical (unpaired) electrons. The van der Waals surface area contributed by atoms with Crippen LogP contribution in [0.3, 0.4) is 0 Å². The van der Waals surface area contributed by atoms with Gasteiger partial charge in [0.25, 0.3) is 0 Å². The molecule has 1 fully saturated rings. The lowest BCUT2D eigenvalue weighted by Gasteiger charge is -2.34. The van der Waals surface area contributed by atoms with Crippen molar-refractivity contribution >= 4 is 23.2 Å². The number of piperidine rings is 1. The quantitative estimate of drug-likeness (QED) is 0.925. The average molecular weight is 348 g/mol. The smallest absolute Gasteiger partial charge is 0.220 e. The first kappa shape index (κ1) is 16.8. The molecule has 2 aromatic rings. The van der Waals surface area contributed by atoms with Gasteiger partial charge < -0.3 is 10.6 Å². The molecule has 3 heterocycles. The number of halogens is 1. The number of rotatable bonds is 3. The molecule has 0 aliphatic carbocycles. The van der Waals surface area contributed by atoms with Crippen molar-refractivity contribution in [3.8, 4) is 11.1 Å². The van der Waals surface area contributed by atoms with Gasteiger partial charge in [0.15, 0.2) is 0 Å². The Morgan fingerprint density at radius 3 is 2.50 bits per heavy atom. The summed E-state index contributed by atoms with van der Waals surface area (Å²) >= 11 is 6.50. The molecule has 7 heteroatoms. The van der Waals surface area contributed by atoms with Gasteiger partial charge in [-0.1, -0.05) is 11.6 Å². The van der Waals surface area contributed by atoms with Gasteiger partial charge in [-0.25, -0.2) is 0 Å². The van der Waals surface area contributed by atoms with Crippen molar-refractivity contribution in [2.75, 3.05) is 18.0 Å². The van der Waals surface area contributed by atoms with Crippen molar-refractivity contribution in [1.82, 2.24) is 14.8 Å². The molecule has 3 rings (SSSR count). The van der Waals surface area contributed by atoms with Crippen LogP contribution in [-0.4, -0.2) is 33.8 Å². The number of nitrogens with zero attached hydrogens (tertiary/aromatic N) is 4. The van der Waals surface area contributed by atoms with E-state index in [-0.39, 0.29) is 11.8 Å². The molecule has 2 aromatic heterocycles. The molecule has 6 nitrogen and oxygen atoms in total. The van der Waals surface area contributed by atoms with Crippen molar-refractivity contribution in [2.45, 2.75) is 26.7 Å². The van der Waals surface area contributed by atoms with Crippen molar-refractivity contribution < 1.29 is 4.79 Å². The van der Waals surface area contributed by atoms with Crippen LogP contribution in [0, 0.1) is 19.8 Å². The van der Waals surface area contributed by atoms with Crippen LogP contribution in [0.2, 0.25) is 5.02 Å². The zero-order valence-corrected chi connectivity index (χ0v) is 15.0. The van der Waals surface area contributed by atoms with Crippen LogP contribution in [0.4, 0.5) is 5.69 Å². The summed E-state index contributed by atoms with van der Waals surface area (Å²) in [5.41, 5.74) is 10.5. The summed E-state index contributed by atoms with van der Waals surface area (Å²) in [6.07, 6.45) is 5.01. The number of pyridine rings is 1. The molecular weight excluding hydrogens is 326 g/mol. The maximum atomic E-state index is 11.4. The summed E-state index contributed by atoms with van der Waals surface area (Å²) in [6.45, 7) is 5.54. The van der Waals surface area contributed by atoms with Gasteiger partial charge in [0.1, 0.15) is 0 Å². The zero-order valence-electron chi connectivity index (χ0n) is 14.2. The van der Waals surface area contributed by atoms with Crippen molar-refractivity contribution in [3.63, 3.8) is 0 Å². The number of carbonyl (C=O) groups is 1. The third kappa shape index (κ3) is 2.86. The van der Waals surface area contributed by atoms with E-state index >= 15 is 0 Å². The lowest BCUT2D eigenvalue weighted by Crippen LogP contribution is -2.38. The highest BCUT2D eigenvalue weighted by Crippen LogP contribution is 2.40. The van der Waals surface area contributed by atoms with E-state index in [1.54, 1.807) is 6.20 Å². The molecule has 0 spiro atoms. The first-order valence-electron chi connectivity index (χ1n) is 8.08. The fourth-order valence-corrected chi connectivity index (χ4v) is 3.76. The van der Waals surface area contributed by atoms with E-state index in [0.717, 1.165) is 54.1 Å². The summed E-state index contributed by atoms with van der Waals surface area (Å²) in [4.78, 5) is 17.9. The largest absolute Gasteiger partial charge is 0.370 e. The lowest BCUT2D eigenvalue weighted by atomic mass is 9.94. The van der Waals surface area contributed by atoms with Gasteiger partial charge in [-0.3, -0.25) is 14.5 Å². The highest BCUT2D eigenvalue weighted by atomic mass is 35.5. The fraction of sp³-hybridized carbons (Fsp3) is 0.471. The number of aromatic nitrogens is 3. The van der Waals surface area contributed by atoms with Crippen LogP contribution in [0.15, 0.2) is 12.4 Å². The molecule has 0 bridgehead atoms. The third-order valence-corrected chi connectivity index (χ3v) is 5.14. The first-order chi connectivity index (χ1) is 11.4. The maximum absolute atomic E-state index is 11.4. The minimum Gasteiger partial charge on any atom is -0.370 e. The minimum atomic E-state index is -0.213. The Labute approximate surface area is 146 Å². The molecule has 24 heavy (non-hydrogen) atoms. The number of hydrogen-bond acceptors (Lipinski definition) is 4. The molecule has 1 aliphatic rings. The van der Waals surface area contributed by atoms with E-state index in [2.05, 4.69) is 15.0 Å². The van der Waals surface area contributed by atoms with Gasteiger partial charge in [0, 0.05) is 55.3 Å². The average Bonchev–Trinajstić information content (AvgIpc) is 2.80. The number of carbonyl (C=O) groups excluding carboxylic acids is 1. The summed E-state index contributed by atoms with van der Waals surface area (Å²) in [5, 5.41) is 5.12. The molecule has 0 saturated carbocycles. The van der Waals surface area contributed by atoms with E-state index < -0.39 is 0 Å². The highest BCUT2D eigenvalue weighted by Gasteiger charge is 2.27. The summed E-state index contributed by atoms with van der Waals surface area (Å²) in [6, 6.07) is 0. The fourth-order valence-electron chi connectivity index (χ4n) is 3.48. The zero-order chi connectivity index (χ0) is 17.4. The van der Waals surface area contributed by atoms with Crippen LogP contribution in [0.5, 0.6) is 0 Å². The first-order valence-corrected chi connectivity index (χ1v) is 8.46. The number of nitrogens with two attached hydrogens (primary N) is 1. The number of anilines is 1. The summed E-state index contributed by atoms with van der Waals surface area (Å²) < 4.78 is 1.87. The Hall–Kier alpha value is -2.08. The van der Waals surface area contributed by atoms with Crippen LogP contribution in [-0.2, 0) is 11.8 Å². The Bertz CT molecular complexity index is 778. The second kappa shape index (κ2) is 6.43. The Kier molecular flexibility index (Phi) is 4.49. The van der Waals surface area contributed by atoms with Crippen LogP contribution in [0.25, 0.3) is 11.1 Å². The highest BCUT2D eigenvalue weighted by molar-refractivity contribution is 6.33. The van der Waals surface area contributed by atoms with Crippen LogP contribution in [0.1, 0.15) is 24.2 Å². The standard InChI is InChI=1S/C17H22ClN5O/c1-10-15(11(2)22(3)21-10)13-8-20-9-14(18)16(13)23-6-4-12(5-7-23)17(19)24/h8-9,12H,4-7H2,1-3H3,(H2,19,24). The van der Waals surface area contributed by atoms with Crippen LogP contribution < -0.4 is 10.6 Å². The number of aryl methyl sites for hydroxylation is 2. The van der Waals surface area contributed by atoms with Gasteiger partial charge in [-0.2, -0.15) is 5.10 Å².